The van der Waals surface area contributed by atoms with E-state index in [1.165, 1.54) is 33.4 Å². The lowest BCUT2D eigenvalue weighted by Crippen LogP contribution is -2.19. The minimum Gasteiger partial charge on any atom is -0.455 e. The lowest BCUT2D eigenvalue weighted by atomic mass is 9.75. The summed E-state index contributed by atoms with van der Waals surface area (Å²) in [4.78, 5) is 19.9. The van der Waals surface area contributed by atoms with Crippen LogP contribution in [0.5, 0.6) is 0 Å². The zero-order valence-corrected chi connectivity index (χ0v) is 41.0. The normalized spacial score (nSPS) is 12.8. The smallest absolute Gasteiger partial charge is 0.144 e. The highest BCUT2D eigenvalue weighted by Crippen LogP contribution is 2.45. The minimum absolute atomic E-state index is 0.104. The van der Waals surface area contributed by atoms with Gasteiger partial charge in [0.05, 0.1) is 22.8 Å². The average Bonchev–Trinajstić information content (AvgIpc) is 3.85. The molecule has 0 N–H and O–H groups in total. The summed E-state index contributed by atoms with van der Waals surface area (Å²) in [6, 6.07) is 43.3. The second-order valence-corrected chi connectivity index (χ2v) is 22.4. The zero-order chi connectivity index (χ0) is 47.2. The van der Waals surface area contributed by atoms with Crippen molar-refractivity contribution in [3.05, 3.63) is 167 Å². The molecule has 0 radical (unpaired) electrons. The lowest BCUT2D eigenvalue weighted by Gasteiger charge is -2.29. The second kappa shape index (κ2) is 15.9. The predicted octanol–water partition coefficient (Wildman–Crippen LogP) is 16.5. The van der Waals surface area contributed by atoms with E-state index >= 15 is 0 Å². The molecule has 0 atom stereocenters. The van der Waals surface area contributed by atoms with Crippen LogP contribution in [0.2, 0.25) is 0 Å². The highest BCUT2D eigenvalue weighted by Gasteiger charge is 2.30. The van der Waals surface area contributed by atoms with Crippen molar-refractivity contribution in [2.45, 2.75) is 111 Å². The molecule has 0 saturated carbocycles. The van der Waals surface area contributed by atoms with Gasteiger partial charge >= 0.3 is 0 Å². The molecule has 0 spiro atoms. The van der Waals surface area contributed by atoms with Crippen LogP contribution < -0.4 is 0 Å². The van der Waals surface area contributed by atoms with E-state index < -0.39 is 0 Å². The molecule has 0 saturated heterocycles. The van der Waals surface area contributed by atoms with Crippen LogP contribution in [0.25, 0.3) is 88.9 Å². The van der Waals surface area contributed by atoms with Gasteiger partial charge in [-0.15, -0.1) is 0 Å². The van der Waals surface area contributed by atoms with Crippen LogP contribution in [0.4, 0.5) is 0 Å². The van der Waals surface area contributed by atoms with E-state index in [0.29, 0.717) is 6.42 Å². The molecule has 4 aromatic heterocycles. The maximum Gasteiger partial charge on any atom is 0.144 e. The molecule has 67 heavy (non-hydrogen) atoms. The molecule has 10 rings (SSSR count). The number of fused-ring (bicyclic) bond motifs is 6. The number of hydrogen-bond donors (Lipinski definition) is 0. The Balaban J connectivity index is 1.16. The fourth-order valence-corrected chi connectivity index (χ4v) is 10.0. The highest BCUT2D eigenvalue weighted by molar-refractivity contribution is 6.11. The summed E-state index contributed by atoms with van der Waals surface area (Å²) < 4.78 is 13.5. The van der Waals surface area contributed by atoms with E-state index in [1.807, 2.05) is 24.3 Å². The largest absolute Gasteiger partial charge is 0.455 e. The first-order valence-electron chi connectivity index (χ1n) is 23.6. The standard InChI is InChI=1S/C61H60N4O2/c1-58(2,3)44-21-17-22-45(59(4,5)6)54(44)50-32-48(62-34-64-50)42-30-36(28-40-38-19-13-15-25-52(38)66-56(40)42)27-37-29-41-39-20-14-16-26-53(39)67-57(41)43(31-37)49-33-51(65-35-63-49)55-46(60(7,8)9)23-18-24-47(55)61(10,11)12/h13-26,28-35H,27H2,1-12H3. The van der Waals surface area contributed by atoms with Gasteiger partial charge in [-0.25, -0.2) is 19.9 Å². The second-order valence-electron chi connectivity index (χ2n) is 22.4. The van der Waals surface area contributed by atoms with Gasteiger partial charge in [0.1, 0.15) is 35.0 Å². The summed E-state index contributed by atoms with van der Waals surface area (Å²) in [7, 11) is 0. The first-order chi connectivity index (χ1) is 31.7. The van der Waals surface area contributed by atoms with Crippen LogP contribution >= 0.6 is 0 Å². The molecule has 10 aromatic rings. The molecule has 0 amide bonds. The van der Waals surface area contributed by atoms with Crippen molar-refractivity contribution >= 4 is 43.9 Å². The summed E-state index contributed by atoms with van der Waals surface area (Å²) in [6.07, 6.45) is 4.06. The quantitative estimate of drug-likeness (QED) is 0.166. The fourth-order valence-electron chi connectivity index (χ4n) is 10.0. The van der Waals surface area contributed by atoms with Crippen LogP contribution in [-0.2, 0) is 28.1 Å². The Kier molecular flexibility index (Phi) is 10.4. The Hall–Kier alpha value is -6.92. The van der Waals surface area contributed by atoms with Gasteiger partial charge in [-0.2, -0.15) is 0 Å². The van der Waals surface area contributed by atoms with Crippen molar-refractivity contribution in [2.75, 3.05) is 0 Å². The van der Waals surface area contributed by atoms with Gasteiger partial charge in [0.15, 0.2) is 0 Å². The topological polar surface area (TPSA) is 77.8 Å². The molecule has 6 heteroatoms. The van der Waals surface area contributed by atoms with Crippen molar-refractivity contribution in [1.82, 2.24) is 19.9 Å². The maximum absolute atomic E-state index is 6.74. The van der Waals surface area contributed by atoms with Crippen molar-refractivity contribution in [2.24, 2.45) is 0 Å². The fraction of sp³-hybridized carbons (Fsp3) is 0.279. The first kappa shape index (κ1) is 43.9. The van der Waals surface area contributed by atoms with Crippen molar-refractivity contribution < 1.29 is 8.83 Å². The van der Waals surface area contributed by atoms with Crippen molar-refractivity contribution in [3.8, 4) is 45.0 Å². The van der Waals surface area contributed by atoms with Crippen LogP contribution in [-0.4, -0.2) is 19.9 Å². The van der Waals surface area contributed by atoms with E-state index in [4.69, 9.17) is 28.8 Å². The molecule has 6 aromatic carbocycles. The van der Waals surface area contributed by atoms with Gasteiger partial charge in [-0.1, -0.05) is 156 Å². The van der Waals surface area contributed by atoms with E-state index in [-0.39, 0.29) is 21.7 Å². The zero-order valence-electron chi connectivity index (χ0n) is 41.0. The van der Waals surface area contributed by atoms with Gasteiger partial charge in [-0.3, -0.25) is 0 Å². The van der Waals surface area contributed by atoms with Crippen molar-refractivity contribution in [1.29, 1.82) is 0 Å². The minimum atomic E-state index is -0.104. The Morgan fingerprint density at radius 2 is 0.701 bits per heavy atom. The number of aromatic nitrogens is 4. The third-order valence-electron chi connectivity index (χ3n) is 13.2. The summed E-state index contributed by atoms with van der Waals surface area (Å²) in [5, 5.41) is 4.24. The first-order valence-corrected chi connectivity index (χ1v) is 23.6. The summed E-state index contributed by atoms with van der Waals surface area (Å²) in [6.45, 7) is 27.3. The lowest BCUT2D eigenvalue weighted by molar-refractivity contribution is 0.570. The highest BCUT2D eigenvalue weighted by atomic mass is 16.3. The van der Waals surface area contributed by atoms with Gasteiger partial charge in [0.25, 0.3) is 0 Å². The number of nitrogens with zero attached hydrogens (tertiary/aromatic N) is 4. The SMILES string of the molecule is CC(C)(C)c1cccc(C(C)(C)C)c1-c1cc(-c2cc(Cc3cc(-c4cc(-c5c(C(C)(C)C)cccc5C(C)(C)C)ncn4)c4oc5ccccc5c4c3)cc3c2oc2ccccc23)ncn1. The molecule has 0 unspecified atom stereocenters. The summed E-state index contributed by atoms with van der Waals surface area (Å²) in [5.41, 5.74) is 17.8. The maximum atomic E-state index is 6.74. The predicted molar refractivity (Wildman–Crippen MR) is 278 cm³/mol. The number of hydrogen-bond acceptors (Lipinski definition) is 6. The van der Waals surface area contributed by atoms with E-state index in [2.05, 4.69) is 180 Å². The Labute approximate surface area is 394 Å². The molecule has 0 aliphatic carbocycles. The van der Waals surface area contributed by atoms with Crippen molar-refractivity contribution in [3.63, 3.8) is 0 Å². The molecular formula is C61H60N4O2. The number of para-hydroxylation sites is 2. The van der Waals surface area contributed by atoms with E-state index in [9.17, 15) is 0 Å². The van der Waals surface area contributed by atoms with E-state index in [1.54, 1.807) is 12.7 Å². The van der Waals surface area contributed by atoms with Crippen LogP contribution in [0.3, 0.4) is 0 Å². The number of furan rings is 2. The molecule has 0 aliphatic heterocycles. The molecule has 6 nitrogen and oxygen atoms in total. The van der Waals surface area contributed by atoms with Crippen LogP contribution in [0.1, 0.15) is 116 Å². The van der Waals surface area contributed by atoms with Crippen LogP contribution in [0.15, 0.2) is 143 Å². The third kappa shape index (κ3) is 8.00. The average molecular weight is 881 g/mol. The third-order valence-corrected chi connectivity index (χ3v) is 13.2. The number of benzene rings is 6. The van der Waals surface area contributed by atoms with Gasteiger partial charge < -0.3 is 8.83 Å². The van der Waals surface area contributed by atoms with Gasteiger partial charge in [0.2, 0.25) is 0 Å². The molecule has 0 bridgehead atoms. The van der Waals surface area contributed by atoms with E-state index in [0.717, 1.165) is 88.9 Å². The summed E-state index contributed by atoms with van der Waals surface area (Å²) >= 11 is 0. The van der Waals surface area contributed by atoms with Crippen LogP contribution in [0, 0.1) is 0 Å². The Bertz CT molecular complexity index is 3240. The van der Waals surface area contributed by atoms with Gasteiger partial charge in [0, 0.05) is 43.8 Å². The summed E-state index contributed by atoms with van der Waals surface area (Å²) in [5.74, 6) is 0. The molecular weight excluding hydrogens is 821 g/mol. The monoisotopic (exact) mass is 880 g/mol. The van der Waals surface area contributed by atoms with Gasteiger partial charge in [-0.05, 0) is 110 Å². The Morgan fingerprint density at radius 3 is 1.06 bits per heavy atom. The number of rotatable bonds is 6. The molecule has 4 heterocycles. The Morgan fingerprint density at radius 1 is 0.358 bits per heavy atom. The molecule has 336 valence electrons. The molecule has 0 aliphatic rings. The molecule has 0 fully saturated rings.